The Bertz CT molecular complexity index is 616. The van der Waals surface area contributed by atoms with Crippen molar-refractivity contribution in [2.45, 2.75) is 37.1 Å². The molecule has 0 spiro atoms. The molecular formula is C15H21N3O2S. The molecule has 0 saturated carbocycles. The van der Waals surface area contributed by atoms with E-state index < -0.39 is 10.0 Å². The van der Waals surface area contributed by atoms with Gasteiger partial charge in [0.1, 0.15) is 6.07 Å². The summed E-state index contributed by atoms with van der Waals surface area (Å²) in [6.07, 6.45) is 3.60. The highest BCUT2D eigenvalue weighted by molar-refractivity contribution is 7.89. The van der Waals surface area contributed by atoms with Gasteiger partial charge in [0, 0.05) is 12.6 Å². The number of nitriles is 1. The number of nitrogens with zero attached hydrogens (tertiary/aromatic N) is 2. The van der Waals surface area contributed by atoms with Crippen molar-refractivity contribution in [2.24, 2.45) is 0 Å². The Morgan fingerprint density at radius 3 is 2.62 bits per heavy atom. The van der Waals surface area contributed by atoms with Crippen molar-refractivity contribution in [3.8, 4) is 6.07 Å². The van der Waals surface area contributed by atoms with Crippen LogP contribution in [0.2, 0.25) is 0 Å². The Hall–Kier alpha value is -1.42. The topological polar surface area (TPSA) is 73.2 Å². The number of nitrogens with one attached hydrogen (secondary N) is 1. The lowest BCUT2D eigenvalue weighted by Gasteiger charge is -2.32. The third-order valence-corrected chi connectivity index (χ3v) is 5.36. The summed E-state index contributed by atoms with van der Waals surface area (Å²) in [7, 11) is -3.64. The first-order chi connectivity index (χ1) is 10.0. The van der Waals surface area contributed by atoms with E-state index in [1.54, 1.807) is 12.1 Å². The highest BCUT2D eigenvalue weighted by Crippen LogP contribution is 2.15. The fraction of sp³-hybridized carbons (Fsp3) is 0.533. The predicted molar refractivity (Wildman–Crippen MR) is 81.2 cm³/mol. The van der Waals surface area contributed by atoms with Crippen LogP contribution in [-0.2, 0) is 10.0 Å². The van der Waals surface area contributed by atoms with Crippen molar-refractivity contribution >= 4 is 10.0 Å². The van der Waals surface area contributed by atoms with Crippen molar-refractivity contribution in [1.29, 1.82) is 5.26 Å². The lowest BCUT2D eigenvalue weighted by Crippen LogP contribution is -2.44. The monoisotopic (exact) mass is 307 g/mol. The first-order valence-corrected chi connectivity index (χ1v) is 8.76. The zero-order valence-corrected chi connectivity index (χ0v) is 13.1. The second-order valence-electron chi connectivity index (χ2n) is 5.41. The van der Waals surface area contributed by atoms with Crippen LogP contribution < -0.4 is 4.72 Å². The Labute approximate surface area is 126 Å². The van der Waals surface area contributed by atoms with Crippen LogP contribution in [0.3, 0.4) is 0 Å². The standard InChI is InChI=1S/C15H21N3O2S/c1-13(18-9-5-2-6-10-18)12-17-21(19,20)15-8-4-3-7-14(15)11-16/h3-4,7-8,13,17H,2,5-6,9-10,12H2,1H3. The Morgan fingerprint density at radius 1 is 1.29 bits per heavy atom. The van der Waals surface area contributed by atoms with Gasteiger partial charge in [-0.1, -0.05) is 18.6 Å². The molecule has 1 aromatic rings. The normalized spacial score (nSPS) is 18.1. The van der Waals surface area contributed by atoms with E-state index in [1.807, 2.05) is 13.0 Å². The number of piperidine rings is 1. The van der Waals surface area contributed by atoms with Gasteiger partial charge in [0.15, 0.2) is 0 Å². The minimum Gasteiger partial charge on any atom is -0.299 e. The smallest absolute Gasteiger partial charge is 0.241 e. The molecule has 0 aliphatic carbocycles. The van der Waals surface area contributed by atoms with Crippen molar-refractivity contribution in [1.82, 2.24) is 9.62 Å². The maximum atomic E-state index is 12.3. The van der Waals surface area contributed by atoms with E-state index in [9.17, 15) is 8.42 Å². The molecular weight excluding hydrogens is 286 g/mol. The van der Waals surface area contributed by atoms with Crippen molar-refractivity contribution in [2.75, 3.05) is 19.6 Å². The summed E-state index contributed by atoms with van der Waals surface area (Å²) in [5, 5.41) is 9.01. The number of likely N-dealkylation sites (tertiary alicyclic amines) is 1. The lowest BCUT2D eigenvalue weighted by atomic mass is 10.1. The second kappa shape index (κ2) is 7.03. The summed E-state index contributed by atoms with van der Waals surface area (Å²) in [5.74, 6) is 0. The van der Waals surface area contributed by atoms with Crippen LogP contribution in [0.15, 0.2) is 29.2 Å². The molecule has 1 N–H and O–H groups in total. The molecule has 1 saturated heterocycles. The SMILES string of the molecule is CC(CNS(=O)(=O)c1ccccc1C#N)N1CCCCC1. The maximum absolute atomic E-state index is 12.3. The van der Waals surface area contributed by atoms with E-state index in [4.69, 9.17) is 5.26 Å². The van der Waals surface area contributed by atoms with Crippen LogP contribution in [0.1, 0.15) is 31.7 Å². The van der Waals surface area contributed by atoms with Crippen molar-refractivity contribution in [3.63, 3.8) is 0 Å². The molecule has 2 rings (SSSR count). The molecule has 0 bridgehead atoms. The van der Waals surface area contributed by atoms with Gasteiger partial charge in [-0.3, -0.25) is 4.90 Å². The van der Waals surface area contributed by atoms with Crippen LogP contribution in [-0.4, -0.2) is 39.0 Å². The Kier molecular flexibility index (Phi) is 5.34. The molecule has 1 aliphatic rings. The Balaban J connectivity index is 2.02. The van der Waals surface area contributed by atoms with Gasteiger partial charge in [0.25, 0.3) is 0 Å². The third kappa shape index (κ3) is 4.03. The van der Waals surface area contributed by atoms with Gasteiger partial charge < -0.3 is 0 Å². The number of hydrogen-bond donors (Lipinski definition) is 1. The van der Waals surface area contributed by atoms with E-state index in [0.29, 0.717) is 6.54 Å². The van der Waals surface area contributed by atoms with Gasteiger partial charge in [-0.25, -0.2) is 13.1 Å². The largest absolute Gasteiger partial charge is 0.299 e. The van der Waals surface area contributed by atoms with Crippen LogP contribution in [0, 0.1) is 11.3 Å². The summed E-state index contributed by atoms with van der Waals surface area (Å²) in [6.45, 7) is 4.45. The number of benzene rings is 1. The molecule has 0 aromatic heterocycles. The second-order valence-corrected chi connectivity index (χ2v) is 7.14. The van der Waals surface area contributed by atoms with Gasteiger partial charge in [0.2, 0.25) is 10.0 Å². The molecule has 21 heavy (non-hydrogen) atoms. The first-order valence-electron chi connectivity index (χ1n) is 7.27. The molecule has 0 radical (unpaired) electrons. The average molecular weight is 307 g/mol. The van der Waals surface area contributed by atoms with Crippen molar-refractivity contribution in [3.05, 3.63) is 29.8 Å². The van der Waals surface area contributed by atoms with Gasteiger partial charge in [-0.2, -0.15) is 5.26 Å². The van der Waals surface area contributed by atoms with Gasteiger partial charge >= 0.3 is 0 Å². The van der Waals surface area contributed by atoms with Crippen LogP contribution in [0.5, 0.6) is 0 Å². The van der Waals surface area contributed by atoms with Crippen LogP contribution in [0.25, 0.3) is 0 Å². The quantitative estimate of drug-likeness (QED) is 0.899. The molecule has 114 valence electrons. The predicted octanol–water partition coefficient (Wildman–Crippen LogP) is 1.71. The van der Waals surface area contributed by atoms with E-state index in [-0.39, 0.29) is 16.5 Å². The number of sulfonamides is 1. The molecule has 1 fully saturated rings. The maximum Gasteiger partial charge on any atom is 0.241 e. The molecule has 6 heteroatoms. The molecule has 1 aromatic carbocycles. The van der Waals surface area contributed by atoms with E-state index in [0.717, 1.165) is 13.1 Å². The summed E-state index contributed by atoms with van der Waals surface area (Å²) in [5.41, 5.74) is 0.177. The van der Waals surface area contributed by atoms with Gasteiger partial charge in [0.05, 0.1) is 10.5 Å². The zero-order valence-electron chi connectivity index (χ0n) is 12.2. The average Bonchev–Trinajstić information content (AvgIpc) is 2.53. The minimum atomic E-state index is -3.64. The highest BCUT2D eigenvalue weighted by atomic mass is 32.2. The number of rotatable bonds is 5. The number of hydrogen-bond acceptors (Lipinski definition) is 4. The van der Waals surface area contributed by atoms with Crippen LogP contribution in [0.4, 0.5) is 0 Å². The Morgan fingerprint density at radius 2 is 1.95 bits per heavy atom. The lowest BCUT2D eigenvalue weighted by molar-refractivity contribution is 0.175. The molecule has 1 atom stereocenters. The molecule has 1 unspecified atom stereocenters. The summed E-state index contributed by atoms with van der Waals surface area (Å²) < 4.78 is 27.3. The fourth-order valence-electron chi connectivity index (χ4n) is 2.59. The van der Waals surface area contributed by atoms with Crippen molar-refractivity contribution < 1.29 is 8.42 Å². The summed E-state index contributed by atoms with van der Waals surface area (Å²) >= 11 is 0. The summed E-state index contributed by atoms with van der Waals surface area (Å²) in [6, 6.07) is 8.35. The van der Waals surface area contributed by atoms with Gasteiger partial charge in [-0.05, 0) is 45.0 Å². The van der Waals surface area contributed by atoms with E-state index >= 15 is 0 Å². The molecule has 0 amide bonds. The third-order valence-electron chi connectivity index (χ3n) is 3.88. The molecule has 1 aliphatic heterocycles. The highest BCUT2D eigenvalue weighted by Gasteiger charge is 2.21. The van der Waals surface area contributed by atoms with Gasteiger partial charge in [-0.15, -0.1) is 0 Å². The zero-order chi connectivity index (χ0) is 15.3. The van der Waals surface area contributed by atoms with E-state index in [1.165, 1.54) is 31.4 Å². The summed E-state index contributed by atoms with van der Waals surface area (Å²) in [4.78, 5) is 2.36. The fourth-order valence-corrected chi connectivity index (χ4v) is 3.87. The first kappa shape index (κ1) is 16.0. The minimum absolute atomic E-state index is 0.0540. The molecule has 1 heterocycles. The van der Waals surface area contributed by atoms with Crippen LogP contribution >= 0.6 is 0 Å². The molecule has 5 nitrogen and oxygen atoms in total. The van der Waals surface area contributed by atoms with E-state index in [2.05, 4.69) is 9.62 Å².